The number of aromatic nitrogens is 2. The molecular weight excluding hydrogens is 314 g/mol. The van der Waals surface area contributed by atoms with Crippen molar-refractivity contribution in [3.63, 3.8) is 0 Å². The summed E-state index contributed by atoms with van der Waals surface area (Å²) in [6, 6.07) is 13.1. The van der Waals surface area contributed by atoms with Crippen molar-refractivity contribution in [3.8, 4) is 5.75 Å². The highest BCUT2D eigenvalue weighted by Gasteiger charge is 2.27. The van der Waals surface area contributed by atoms with E-state index in [1.54, 1.807) is 12.1 Å². The molecule has 1 aliphatic rings. The van der Waals surface area contributed by atoms with Crippen molar-refractivity contribution in [2.24, 2.45) is 13.0 Å². The predicted octanol–water partition coefficient (Wildman–Crippen LogP) is 2.98. The third kappa shape index (κ3) is 3.09. The van der Waals surface area contributed by atoms with Crippen LogP contribution in [0.5, 0.6) is 5.75 Å². The minimum atomic E-state index is 0.0105. The van der Waals surface area contributed by atoms with Crippen LogP contribution in [-0.2, 0) is 13.5 Å². The molecule has 128 valence electrons. The highest BCUT2D eigenvalue weighted by atomic mass is 16.3. The van der Waals surface area contributed by atoms with Gasteiger partial charge in [0.1, 0.15) is 17.1 Å². The largest absolute Gasteiger partial charge is 0.508 e. The van der Waals surface area contributed by atoms with Crippen molar-refractivity contribution < 1.29 is 9.90 Å². The molecular formula is C20H21N3O2. The van der Waals surface area contributed by atoms with Crippen molar-refractivity contribution in [2.45, 2.75) is 12.8 Å². The molecule has 4 rings (SSSR count). The number of benzene rings is 1. The zero-order valence-corrected chi connectivity index (χ0v) is 14.2. The molecule has 0 saturated carbocycles. The number of carbonyl (C=O) groups excluding carboxylic acids is 1. The number of likely N-dealkylation sites (tertiary alicyclic amines) is 1. The summed E-state index contributed by atoms with van der Waals surface area (Å²) in [7, 11) is 1.94. The van der Waals surface area contributed by atoms with Crippen LogP contribution in [0, 0.1) is 5.92 Å². The summed E-state index contributed by atoms with van der Waals surface area (Å²) in [6.07, 6.45) is 3.88. The average molecular weight is 335 g/mol. The first-order chi connectivity index (χ1) is 12.1. The smallest absolute Gasteiger partial charge is 0.272 e. The van der Waals surface area contributed by atoms with Crippen LogP contribution in [0.2, 0.25) is 0 Å². The number of nitrogens with zero attached hydrogens (tertiary/aromatic N) is 3. The van der Waals surface area contributed by atoms with Crippen LogP contribution in [0.1, 0.15) is 22.5 Å². The molecule has 1 unspecified atom stereocenters. The summed E-state index contributed by atoms with van der Waals surface area (Å²) in [5, 5.41) is 10.4. The highest BCUT2D eigenvalue weighted by Crippen LogP contribution is 2.23. The summed E-state index contributed by atoms with van der Waals surface area (Å²) < 4.78 is 1.93. The van der Waals surface area contributed by atoms with E-state index in [0.717, 1.165) is 37.0 Å². The van der Waals surface area contributed by atoms with Gasteiger partial charge >= 0.3 is 0 Å². The molecule has 25 heavy (non-hydrogen) atoms. The Bertz CT molecular complexity index is 914. The summed E-state index contributed by atoms with van der Waals surface area (Å²) in [4.78, 5) is 19.2. The monoisotopic (exact) mass is 335 g/mol. The number of carbonyl (C=O) groups is 1. The number of amides is 1. The molecule has 0 aliphatic carbocycles. The molecule has 1 fully saturated rings. The lowest BCUT2D eigenvalue weighted by Gasteiger charge is -2.16. The fourth-order valence-corrected chi connectivity index (χ4v) is 3.56. The van der Waals surface area contributed by atoms with Gasteiger partial charge in [0.2, 0.25) is 0 Å². The number of hydrogen-bond donors (Lipinski definition) is 1. The molecule has 3 aromatic rings. The molecule has 3 heterocycles. The van der Waals surface area contributed by atoms with E-state index in [2.05, 4.69) is 4.98 Å². The van der Waals surface area contributed by atoms with Crippen molar-refractivity contribution >= 4 is 16.9 Å². The topological polar surface area (TPSA) is 58.4 Å². The third-order valence-electron chi connectivity index (χ3n) is 4.97. The Morgan fingerprint density at radius 2 is 2.00 bits per heavy atom. The van der Waals surface area contributed by atoms with E-state index in [0.29, 0.717) is 11.6 Å². The van der Waals surface area contributed by atoms with E-state index < -0.39 is 0 Å². The Kier molecular flexibility index (Phi) is 3.92. The van der Waals surface area contributed by atoms with E-state index >= 15 is 0 Å². The first-order valence-corrected chi connectivity index (χ1v) is 8.59. The molecule has 1 N–H and O–H groups in total. The Morgan fingerprint density at radius 3 is 2.80 bits per heavy atom. The number of aromatic hydroxyl groups is 1. The first-order valence-electron chi connectivity index (χ1n) is 8.59. The van der Waals surface area contributed by atoms with Crippen LogP contribution in [0.3, 0.4) is 0 Å². The van der Waals surface area contributed by atoms with Crippen LogP contribution in [0.25, 0.3) is 11.0 Å². The molecule has 5 nitrogen and oxygen atoms in total. The summed E-state index contributed by atoms with van der Waals surface area (Å²) in [5.74, 6) is 0.748. The molecule has 1 aromatic carbocycles. The van der Waals surface area contributed by atoms with E-state index in [9.17, 15) is 9.90 Å². The maximum atomic E-state index is 12.8. The molecule has 2 aromatic heterocycles. The second kappa shape index (κ2) is 6.24. The van der Waals surface area contributed by atoms with Gasteiger partial charge in [-0.15, -0.1) is 0 Å². The van der Waals surface area contributed by atoms with Crippen LogP contribution < -0.4 is 0 Å². The Labute approximate surface area is 146 Å². The number of phenols is 1. The van der Waals surface area contributed by atoms with Crippen molar-refractivity contribution in [2.75, 3.05) is 13.1 Å². The van der Waals surface area contributed by atoms with Gasteiger partial charge in [0.05, 0.1) is 0 Å². The van der Waals surface area contributed by atoms with Gasteiger partial charge in [0, 0.05) is 31.7 Å². The molecule has 5 heteroatoms. The minimum Gasteiger partial charge on any atom is -0.508 e. The molecule has 1 amide bonds. The second-order valence-corrected chi connectivity index (χ2v) is 6.81. The van der Waals surface area contributed by atoms with Crippen LogP contribution in [0.4, 0.5) is 0 Å². The predicted molar refractivity (Wildman–Crippen MR) is 96.5 cm³/mol. The van der Waals surface area contributed by atoms with E-state index in [1.807, 2.05) is 53.0 Å². The number of pyridine rings is 1. The lowest BCUT2D eigenvalue weighted by atomic mass is 9.99. The SMILES string of the molecule is Cn1ccc2ccc(C(=O)N3CCC(Cc4ccc(O)cc4)C3)nc21. The zero-order chi connectivity index (χ0) is 17.4. The quantitative estimate of drug-likeness (QED) is 0.800. The van der Waals surface area contributed by atoms with E-state index in [-0.39, 0.29) is 11.7 Å². The normalized spacial score (nSPS) is 17.3. The summed E-state index contributed by atoms with van der Waals surface area (Å²) in [6.45, 7) is 1.53. The number of rotatable bonds is 3. The molecule has 1 aliphatic heterocycles. The summed E-state index contributed by atoms with van der Waals surface area (Å²) >= 11 is 0. The van der Waals surface area contributed by atoms with Crippen LogP contribution >= 0.6 is 0 Å². The lowest BCUT2D eigenvalue weighted by molar-refractivity contribution is 0.0781. The molecule has 0 bridgehead atoms. The first kappa shape index (κ1) is 15.7. The fourth-order valence-electron chi connectivity index (χ4n) is 3.56. The van der Waals surface area contributed by atoms with Crippen molar-refractivity contribution in [1.29, 1.82) is 0 Å². The van der Waals surface area contributed by atoms with Crippen LogP contribution in [-0.4, -0.2) is 38.6 Å². The van der Waals surface area contributed by atoms with E-state index in [4.69, 9.17) is 0 Å². The number of hydrogen-bond acceptors (Lipinski definition) is 3. The van der Waals surface area contributed by atoms with Gasteiger partial charge in [0.25, 0.3) is 5.91 Å². The second-order valence-electron chi connectivity index (χ2n) is 6.81. The lowest BCUT2D eigenvalue weighted by Crippen LogP contribution is -2.29. The number of fused-ring (bicyclic) bond motifs is 1. The average Bonchev–Trinajstić information content (AvgIpc) is 3.23. The summed E-state index contributed by atoms with van der Waals surface area (Å²) in [5.41, 5.74) is 2.55. The minimum absolute atomic E-state index is 0.0105. The molecule has 0 spiro atoms. The maximum absolute atomic E-state index is 12.8. The Balaban J connectivity index is 1.45. The zero-order valence-electron chi connectivity index (χ0n) is 14.2. The third-order valence-corrected chi connectivity index (χ3v) is 4.97. The van der Waals surface area contributed by atoms with Gasteiger partial charge in [-0.2, -0.15) is 0 Å². The van der Waals surface area contributed by atoms with Gasteiger partial charge < -0.3 is 14.6 Å². The molecule has 1 saturated heterocycles. The maximum Gasteiger partial charge on any atom is 0.272 e. The van der Waals surface area contributed by atoms with Crippen molar-refractivity contribution in [1.82, 2.24) is 14.5 Å². The van der Waals surface area contributed by atoms with Gasteiger partial charge in [-0.25, -0.2) is 4.98 Å². The van der Waals surface area contributed by atoms with Gasteiger partial charge in [-0.3, -0.25) is 4.79 Å². The van der Waals surface area contributed by atoms with Crippen molar-refractivity contribution in [3.05, 3.63) is 59.9 Å². The van der Waals surface area contributed by atoms with Gasteiger partial charge in [-0.05, 0) is 54.7 Å². The molecule has 0 radical (unpaired) electrons. The van der Waals surface area contributed by atoms with Gasteiger partial charge in [-0.1, -0.05) is 12.1 Å². The number of aryl methyl sites for hydroxylation is 1. The van der Waals surface area contributed by atoms with Crippen LogP contribution in [0.15, 0.2) is 48.7 Å². The molecule has 1 atom stereocenters. The number of phenolic OH excluding ortho intramolecular Hbond substituents is 1. The van der Waals surface area contributed by atoms with Gasteiger partial charge in [0.15, 0.2) is 0 Å². The highest BCUT2D eigenvalue weighted by molar-refractivity contribution is 5.94. The fraction of sp³-hybridized carbons (Fsp3) is 0.300. The Hall–Kier alpha value is -2.82. The standard InChI is InChI=1S/C20H21N3O2/c1-22-10-9-16-4-7-18(21-19(16)22)20(25)23-11-8-15(13-23)12-14-2-5-17(24)6-3-14/h2-7,9-10,15,24H,8,11-13H2,1H3. The Morgan fingerprint density at radius 1 is 1.20 bits per heavy atom. The van der Waals surface area contributed by atoms with E-state index in [1.165, 1.54) is 5.56 Å².